The van der Waals surface area contributed by atoms with Crippen molar-refractivity contribution in [2.75, 3.05) is 39.6 Å². The van der Waals surface area contributed by atoms with Crippen LogP contribution in [0.15, 0.2) is 82.0 Å². The van der Waals surface area contributed by atoms with Gasteiger partial charge in [-0.2, -0.15) is 4.98 Å². The number of hydrogen-bond donors (Lipinski definition) is 2. The summed E-state index contributed by atoms with van der Waals surface area (Å²) < 4.78 is 10.7. The lowest BCUT2D eigenvalue weighted by Crippen LogP contribution is -2.42. The lowest BCUT2D eigenvalue weighted by atomic mass is 10.0. The van der Waals surface area contributed by atoms with Crippen molar-refractivity contribution in [2.45, 2.75) is 32.5 Å². The summed E-state index contributed by atoms with van der Waals surface area (Å²) in [6.45, 7) is 3.29. The highest BCUT2D eigenvalue weighted by Crippen LogP contribution is 2.20. The predicted molar refractivity (Wildman–Crippen MR) is 162 cm³/mol. The molecule has 0 radical (unpaired) electrons. The summed E-state index contributed by atoms with van der Waals surface area (Å²) in [5.74, 6) is -0.165. The number of anilines is 1. The Hall–Kier alpha value is -4.70. The van der Waals surface area contributed by atoms with Gasteiger partial charge < -0.3 is 29.6 Å². The molecule has 0 saturated heterocycles. The third-order valence-corrected chi connectivity index (χ3v) is 6.88. The Balaban J connectivity index is 1.53. The van der Waals surface area contributed by atoms with E-state index in [0.29, 0.717) is 36.0 Å². The topological polar surface area (TPSA) is 117 Å². The molecule has 1 heterocycles. The molecule has 10 heteroatoms. The Kier molecular flexibility index (Phi) is 10.3. The number of benzene rings is 3. The Morgan fingerprint density at radius 3 is 2.29 bits per heavy atom. The number of ether oxygens (including phenoxy) is 1. The Labute approximate surface area is 245 Å². The number of rotatable bonds is 12. The molecule has 2 amide bonds. The van der Waals surface area contributed by atoms with Crippen molar-refractivity contribution in [3.63, 3.8) is 0 Å². The molecule has 1 aromatic heterocycles. The van der Waals surface area contributed by atoms with Crippen LogP contribution in [-0.2, 0) is 29.0 Å². The van der Waals surface area contributed by atoms with Crippen LogP contribution in [0, 0.1) is 6.92 Å². The van der Waals surface area contributed by atoms with Crippen LogP contribution in [0.3, 0.4) is 0 Å². The molecule has 220 valence electrons. The van der Waals surface area contributed by atoms with Crippen LogP contribution < -0.4 is 16.3 Å². The summed E-state index contributed by atoms with van der Waals surface area (Å²) in [5.41, 5.74) is 3.18. The smallest absolute Gasteiger partial charge is 0.407 e. The zero-order chi connectivity index (χ0) is 30.1. The van der Waals surface area contributed by atoms with E-state index in [1.54, 1.807) is 31.0 Å². The van der Waals surface area contributed by atoms with Gasteiger partial charge in [-0.25, -0.2) is 9.59 Å². The number of carbonyl (C=O) groups excluding carboxylic acids is 2. The molecule has 42 heavy (non-hydrogen) atoms. The molecule has 0 aliphatic carbocycles. The molecule has 0 bridgehead atoms. The number of hydrogen-bond acceptors (Lipinski definition) is 8. The van der Waals surface area contributed by atoms with Crippen LogP contribution in [0.1, 0.15) is 22.3 Å². The summed E-state index contributed by atoms with van der Waals surface area (Å²) in [5, 5.41) is 6.11. The first-order valence-corrected chi connectivity index (χ1v) is 13.8. The van der Waals surface area contributed by atoms with Gasteiger partial charge in [0.2, 0.25) is 5.91 Å². The van der Waals surface area contributed by atoms with E-state index in [1.807, 2.05) is 79.7 Å². The van der Waals surface area contributed by atoms with Gasteiger partial charge in [-0.15, -0.1) is 0 Å². The van der Waals surface area contributed by atoms with Gasteiger partial charge in [-0.3, -0.25) is 4.79 Å². The van der Waals surface area contributed by atoms with Crippen LogP contribution in [0.4, 0.5) is 10.8 Å². The van der Waals surface area contributed by atoms with E-state index < -0.39 is 17.8 Å². The number of carbonyl (C=O) groups is 2. The molecule has 1 atom stereocenters. The molecule has 0 saturated carbocycles. The fourth-order valence-corrected chi connectivity index (χ4v) is 4.56. The quantitative estimate of drug-likeness (QED) is 0.262. The number of aryl methyl sites for hydroxylation is 1. The standard InChI is InChI=1S/C32H37N5O5/c1-22-25(20-33-32(40)41-18-17-36(2)3)15-16-26-28(22)30(39)42-31(34-26)35-27(19-23-11-7-5-8-12-23)29(38)37(4)21-24-13-9-6-10-14-24/h5-16,27H,17-21H2,1-4H3,(H,33,40)(H,34,35). The average molecular weight is 572 g/mol. The normalized spacial score (nSPS) is 11.7. The van der Waals surface area contributed by atoms with Crippen molar-refractivity contribution in [2.24, 2.45) is 0 Å². The summed E-state index contributed by atoms with van der Waals surface area (Å²) in [4.78, 5) is 46.9. The maximum absolute atomic E-state index is 13.6. The third-order valence-electron chi connectivity index (χ3n) is 6.88. The predicted octanol–water partition coefficient (Wildman–Crippen LogP) is 3.97. The molecule has 0 spiro atoms. The van der Waals surface area contributed by atoms with Crippen LogP contribution in [0.25, 0.3) is 10.9 Å². The third kappa shape index (κ3) is 8.17. The maximum Gasteiger partial charge on any atom is 0.407 e. The molecule has 3 aromatic carbocycles. The van der Waals surface area contributed by atoms with Gasteiger partial charge in [0.15, 0.2) is 0 Å². The van der Waals surface area contributed by atoms with E-state index >= 15 is 0 Å². The number of nitrogens with one attached hydrogen (secondary N) is 2. The Bertz CT molecular complexity index is 1560. The molecule has 4 rings (SSSR count). The van der Waals surface area contributed by atoms with Crippen molar-refractivity contribution >= 4 is 28.9 Å². The SMILES string of the molecule is Cc1c(CNC(=O)OCCN(C)C)ccc2nc(NC(Cc3ccccc3)C(=O)N(C)Cc3ccccc3)oc(=O)c12. The zero-order valence-corrected chi connectivity index (χ0v) is 24.4. The largest absolute Gasteiger partial charge is 0.448 e. The second-order valence-electron chi connectivity index (χ2n) is 10.4. The minimum Gasteiger partial charge on any atom is -0.448 e. The molecule has 0 fully saturated rings. The summed E-state index contributed by atoms with van der Waals surface area (Å²) in [6.07, 6.45) is -0.163. The van der Waals surface area contributed by atoms with Crippen LogP contribution in [0.2, 0.25) is 0 Å². The molecule has 0 aliphatic heterocycles. The summed E-state index contributed by atoms with van der Waals surface area (Å²) in [6, 6.07) is 22.1. The van der Waals surface area contributed by atoms with Crippen LogP contribution in [0.5, 0.6) is 0 Å². The zero-order valence-electron chi connectivity index (χ0n) is 24.4. The number of amides is 2. The van der Waals surface area contributed by atoms with Gasteiger partial charge in [0.1, 0.15) is 12.6 Å². The first-order valence-electron chi connectivity index (χ1n) is 13.8. The monoisotopic (exact) mass is 571 g/mol. The van der Waals surface area contributed by atoms with E-state index in [0.717, 1.165) is 16.7 Å². The molecule has 1 unspecified atom stereocenters. The van der Waals surface area contributed by atoms with Gasteiger partial charge in [0.25, 0.3) is 6.01 Å². The van der Waals surface area contributed by atoms with E-state index in [1.165, 1.54) is 0 Å². The maximum atomic E-state index is 13.6. The van der Waals surface area contributed by atoms with Gasteiger partial charge in [0, 0.05) is 33.1 Å². The van der Waals surface area contributed by atoms with Crippen LogP contribution in [-0.4, -0.2) is 67.1 Å². The Morgan fingerprint density at radius 1 is 0.952 bits per heavy atom. The van der Waals surface area contributed by atoms with Crippen molar-refractivity contribution in [3.05, 3.63) is 105 Å². The van der Waals surface area contributed by atoms with E-state index in [4.69, 9.17) is 9.15 Å². The van der Waals surface area contributed by atoms with Gasteiger partial charge in [-0.05, 0) is 49.3 Å². The molecular formula is C32H37N5O5. The van der Waals surface area contributed by atoms with E-state index in [2.05, 4.69) is 15.6 Å². The highest BCUT2D eigenvalue weighted by molar-refractivity contribution is 5.85. The average Bonchev–Trinajstić information content (AvgIpc) is 2.96. The summed E-state index contributed by atoms with van der Waals surface area (Å²) in [7, 11) is 5.54. The number of likely N-dealkylation sites (N-methyl/N-ethyl adjacent to an activating group) is 2. The van der Waals surface area contributed by atoms with Crippen molar-refractivity contribution in [1.82, 2.24) is 20.1 Å². The van der Waals surface area contributed by atoms with Crippen molar-refractivity contribution < 1.29 is 18.7 Å². The van der Waals surface area contributed by atoms with Crippen molar-refractivity contribution in [3.8, 4) is 0 Å². The number of alkyl carbamates (subject to hydrolysis) is 1. The van der Waals surface area contributed by atoms with Crippen LogP contribution >= 0.6 is 0 Å². The molecule has 0 aliphatic rings. The second-order valence-corrected chi connectivity index (χ2v) is 10.4. The molecule has 4 aromatic rings. The summed E-state index contributed by atoms with van der Waals surface area (Å²) >= 11 is 0. The van der Waals surface area contributed by atoms with E-state index in [9.17, 15) is 14.4 Å². The lowest BCUT2D eigenvalue weighted by Gasteiger charge is -2.25. The fraction of sp³-hybridized carbons (Fsp3) is 0.312. The van der Waals surface area contributed by atoms with Crippen molar-refractivity contribution in [1.29, 1.82) is 0 Å². The highest BCUT2D eigenvalue weighted by Gasteiger charge is 2.25. The van der Waals surface area contributed by atoms with Gasteiger partial charge in [0.05, 0.1) is 10.9 Å². The lowest BCUT2D eigenvalue weighted by molar-refractivity contribution is -0.131. The van der Waals surface area contributed by atoms with Gasteiger partial charge in [-0.1, -0.05) is 66.7 Å². The number of fused-ring (bicyclic) bond motifs is 1. The van der Waals surface area contributed by atoms with E-state index in [-0.39, 0.29) is 25.1 Å². The Morgan fingerprint density at radius 2 is 1.62 bits per heavy atom. The fourth-order valence-electron chi connectivity index (χ4n) is 4.56. The minimum absolute atomic E-state index is 0.0374. The molecule has 2 N–H and O–H groups in total. The number of nitrogens with zero attached hydrogens (tertiary/aromatic N) is 3. The molecule has 10 nitrogen and oxygen atoms in total. The first kappa shape index (κ1) is 30.3. The highest BCUT2D eigenvalue weighted by atomic mass is 16.5. The van der Waals surface area contributed by atoms with Gasteiger partial charge >= 0.3 is 11.7 Å². The number of aromatic nitrogens is 1. The minimum atomic E-state index is -0.725. The second kappa shape index (κ2) is 14.3. The molecular weight excluding hydrogens is 534 g/mol. The first-order chi connectivity index (χ1) is 20.2.